The van der Waals surface area contributed by atoms with Crippen LogP contribution in [0.25, 0.3) is 33.4 Å². The number of carbonyl (C=O) groups excluding carboxylic acids is 3. The third-order valence-corrected chi connectivity index (χ3v) is 16.7. The Kier molecular flexibility index (Phi) is 26.8. The molecule has 20 heteroatoms. The first-order chi connectivity index (χ1) is 41.9. The Hall–Kier alpha value is -8.33. The molecule has 0 saturated carbocycles. The minimum atomic E-state index is -0.599. The van der Waals surface area contributed by atoms with Gasteiger partial charge in [-0.05, 0) is 182 Å². The zero-order chi connectivity index (χ0) is 62.4. The van der Waals surface area contributed by atoms with Gasteiger partial charge in [-0.2, -0.15) is 0 Å². The predicted octanol–water partition coefficient (Wildman–Crippen LogP) is 21.6. The first-order valence-electron chi connectivity index (χ1n) is 28.8. The molecule has 0 radical (unpaired) electrons. The van der Waals surface area contributed by atoms with Gasteiger partial charge in [-0.15, -0.1) is 34.0 Å². The molecule has 0 fully saturated rings. The van der Waals surface area contributed by atoms with Gasteiger partial charge >= 0.3 is 18.1 Å². The van der Waals surface area contributed by atoms with E-state index in [0.29, 0.717) is 60.2 Å². The van der Waals surface area contributed by atoms with Crippen LogP contribution in [0.5, 0.6) is 0 Å². The summed E-state index contributed by atoms with van der Waals surface area (Å²) in [6, 6.07) is 29.7. The second-order valence-corrected chi connectivity index (χ2v) is 24.0. The summed E-state index contributed by atoms with van der Waals surface area (Å²) in [6.07, 6.45) is 16.5. The van der Waals surface area contributed by atoms with E-state index in [9.17, 15) is 40.7 Å². The molecule has 0 aliphatic heterocycles. The Morgan fingerprint density at radius 1 is 0.375 bits per heavy atom. The van der Waals surface area contributed by atoms with Gasteiger partial charge in [0.1, 0.15) is 39.9 Å². The normalized spacial score (nSPS) is 10.6. The van der Waals surface area contributed by atoms with Crippen LogP contribution < -0.4 is 31.9 Å². The monoisotopic (exact) mass is 1260 g/mol. The van der Waals surface area contributed by atoms with E-state index in [1.54, 1.807) is 87.8 Å². The minimum Gasteiger partial charge on any atom is -0.305 e. The van der Waals surface area contributed by atoms with Crippen molar-refractivity contribution < 1.29 is 40.7 Å². The van der Waals surface area contributed by atoms with Gasteiger partial charge in [-0.1, -0.05) is 115 Å². The highest BCUT2D eigenvalue weighted by molar-refractivity contribution is 7.16. The van der Waals surface area contributed by atoms with E-state index in [2.05, 4.69) is 62.6 Å². The molecule has 11 nitrogen and oxygen atoms in total. The molecule has 9 aromatic rings. The van der Waals surface area contributed by atoms with Gasteiger partial charge in [0.05, 0.1) is 33.3 Å². The third kappa shape index (κ3) is 20.9. The fourth-order valence-electron chi connectivity index (χ4n) is 8.69. The van der Waals surface area contributed by atoms with Crippen molar-refractivity contribution in [1.29, 1.82) is 0 Å². The zero-order valence-electron chi connectivity index (χ0n) is 49.3. The van der Waals surface area contributed by atoms with Gasteiger partial charge in [0.25, 0.3) is 0 Å². The van der Waals surface area contributed by atoms with Gasteiger partial charge in [0.15, 0.2) is 5.13 Å². The summed E-state index contributed by atoms with van der Waals surface area (Å²) >= 11 is 4.36. The molecule has 0 atom stereocenters. The highest BCUT2D eigenvalue weighted by atomic mass is 32.1. The number of urea groups is 3. The maximum atomic E-state index is 14.5. The number of thiazole rings is 2. The summed E-state index contributed by atoms with van der Waals surface area (Å²) in [5.41, 5.74) is 5.27. The van der Waals surface area contributed by atoms with E-state index in [4.69, 9.17) is 0 Å². The second kappa shape index (κ2) is 34.3. The Labute approximate surface area is 523 Å². The lowest BCUT2D eigenvalue weighted by atomic mass is 10.0. The van der Waals surface area contributed by atoms with Crippen LogP contribution in [-0.4, -0.2) is 28.1 Å². The third-order valence-electron chi connectivity index (χ3n) is 13.7. The Morgan fingerprint density at radius 3 is 1.32 bits per heavy atom. The molecule has 6 amide bonds. The van der Waals surface area contributed by atoms with Gasteiger partial charge < -0.3 is 16.0 Å². The average molecular weight is 1260 g/mol. The van der Waals surface area contributed by atoms with Gasteiger partial charge in [0, 0.05) is 16.0 Å². The predicted molar refractivity (Wildman–Crippen MR) is 352 cm³/mol. The summed E-state index contributed by atoms with van der Waals surface area (Å²) in [4.78, 5) is 47.3. The lowest BCUT2D eigenvalue weighted by Crippen LogP contribution is -2.19. The van der Waals surface area contributed by atoms with Crippen LogP contribution in [0.2, 0.25) is 0 Å². The molecular weight excluding hydrogens is 1190 g/mol. The molecule has 88 heavy (non-hydrogen) atoms. The van der Waals surface area contributed by atoms with Crippen LogP contribution in [0.4, 0.5) is 72.9 Å². The molecule has 6 N–H and O–H groups in total. The number of hydrogen-bond donors (Lipinski definition) is 6. The van der Waals surface area contributed by atoms with Crippen LogP contribution in [0.15, 0.2) is 134 Å². The van der Waals surface area contributed by atoms with Gasteiger partial charge in [0.2, 0.25) is 0 Å². The Bertz CT molecular complexity index is 3770. The van der Waals surface area contributed by atoms with Gasteiger partial charge in [-0.25, -0.2) is 50.7 Å². The van der Waals surface area contributed by atoms with E-state index >= 15 is 0 Å². The molecule has 0 aliphatic carbocycles. The standard InChI is InChI=1S/C24H26F2N2OS.C22H23F2N3OS.C21H21F2N3OS.CH4/c1-3-4-5-6-7-19-10-13-23(30-19)28-24(29)27-22-12-9-18(15-21(22)26)17-8-11-20(25)16(2)14-17;1-3-4-5-6-17-13-25-22(29-17)27-21(28)26-20-10-9-16(12-19(20)24)15-8-7-14(2)18(23)11-15;1-3-4-5-19-24-12-20(28-19)26-21(27)25-18-9-8-15(11-17(18)23)14-7-6-13(2)16(22)10-14;/h8-15H,3-7H2,1-2H3,(H2,27,28,29);7-13H,3-6H2,1-2H3,(H2,25,26,27,28);6-12H,3-5H2,1-2H3,(H2,25,26,27);1H4. The molecule has 3 heterocycles. The Balaban J connectivity index is 0.000000210. The number of nitrogens with one attached hydrogen (secondary N) is 6. The van der Waals surface area contributed by atoms with E-state index in [1.165, 1.54) is 113 Å². The number of unbranched alkanes of at least 4 members (excludes halogenated alkanes) is 6. The number of thiophene rings is 1. The maximum Gasteiger partial charge on any atom is 0.325 e. The quantitative estimate of drug-likeness (QED) is 0.0313. The van der Waals surface area contributed by atoms with Crippen LogP contribution in [0, 0.1) is 55.7 Å². The van der Waals surface area contributed by atoms with Crippen molar-refractivity contribution in [3.05, 3.63) is 200 Å². The SMILES string of the molecule is C.CCCCCCc1ccc(NC(=O)Nc2ccc(-c3ccc(F)c(C)c3)cc2F)s1.CCCCCc1cnc(NC(=O)Nc2ccc(-c3ccc(C)c(F)c3)cc2F)s1.CCCCc1ncc(NC(=O)Nc2ccc(-c3ccc(C)c(F)c3)cc2F)s1. The summed E-state index contributed by atoms with van der Waals surface area (Å²) in [6.45, 7) is 11.4. The molecule has 0 spiro atoms. The largest absolute Gasteiger partial charge is 0.325 e. The summed E-state index contributed by atoms with van der Waals surface area (Å²) < 4.78 is 84.3. The molecule has 9 rings (SSSR count). The topological polar surface area (TPSA) is 149 Å². The van der Waals surface area contributed by atoms with Crippen molar-refractivity contribution in [3.63, 3.8) is 0 Å². The van der Waals surface area contributed by atoms with Gasteiger partial charge in [-0.3, -0.25) is 16.0 Å². The van der Waals surface area contributed by atoms with E-state index < -0.39 is 35.5 Å². The molecule has 464 valence electrons. The van der Waals surface area contributed by atoms with E-state index in [-0.39, 0.29) is 41.9 Å². The number of rotatable bonds is 21. The van der Waals surface area contributed by atoms with Crippen LogP contribution >= 0.6 is 34.0 Å². The van der Waals surface area contributed by atoms with Crippen LogP contribution in [0.1, 0.15) is 117 Å². The summed E-state index contributed by atoms with van der Waals surface area (Å²) in [5, 5.41) is 18.3. The number of amides is 6. The van der Waals surface area contributed by atoms with Crippen molar-refractivity contribution in [2.75, 3.05) is 31.9 Å². The number of nitrogens with zero attached hydrogens (tertiary/aromatic N) is 2. The minimum absolute atomic E-state index is 0. The maximum absolute atomic E-state index is 14.5. The molecule has 0 aliphatic rings. The summed E-state index contributed by atoms with van der Waals surface area (Å²) in [7, 11) is 0. The molecule has 6 aromatic carbocycles. The molecule has 0 unspecified atom stereocenters. The number of carbonyl (C=O) groups is 3. The van der Waals surface area contributed by atoms with E-state index in [1.807, 2.05) is 12.1 Å². The summed E-state index contributed by atoms with van der Waals surface area (Å²) in [5.74, 6) is -2.73. The fourth-order valence-corrected chi connectivity index (χ4v) is 11.3. The number of hydrogen-bond acceptors (Lipinski definition) is 8. The smallest absolute Gasteiger partial charge is 0.305 e. The molecule has 0 bridgehead atoms. The highest BCUT2D eigenvalue weighted by Crippen LogP contribution is 2.31. The average Bonchev–Trinajstić information content (AvgIpc) is 4.39. The van der Waals surface area contributed by atoms with Crippen LogP contribution in [-0.2, 0) is 19.3 Å². The van der Waals surface area contributed by atoms with E-state index in [0.717, 1.165) is 72.7 Å². The van der Waals surface area contributed by atoms with Crippen molar-refractivity contribution in [2.24, 2.45) is 0 Å². The number of aromatic nitrogens is 2. The van der Waals surface area contributed by atoms with Crippen LogP contribution in [0.3, 0.4) is 0 Å². The number of aryl methyl sites for hydroxylation is 6. The number of anilines is 6. The Morgan fingerprint density at radius 2 is 0.818 bits per heavy atom. The van der Waals surface area contributed by atoms with Crippen molar-refractivity contribution in [1.82, 2.24) is 9.97 Å². The van der Waals surface area contributed by atoms with Crippen molar-refractivity contribution >= 4 is 84.3 Å². The lowest BCUT2D eigenvalue weighted by molar-refractivity contribution is 0.261. The zero-order valence-corrected chi connectivity index (χ0v) is 51.7. The second-order valence-electron chi connectivity index (χ2n) is 20.6. The number of halogens is 6. The van der Waals surface area contributed by atoms with Crippen molar-refractivity contribution in [3.8, 4) is 33.4 Å². The first kappa shape index (κ1) is 68.8. The molecule has 3 aromatic heterocycles. The molecular formula is C68H74F6N8O3S3. The lowest BCUT2D eigenvalue weighted by Gasteiger charge is -2.09. The first-order valence-corrected chi connectivity index (χ1v) is 31.2. The fraction of sp³-hybridized carbons (Fsp3) is 0.279. The molecule has 0 saturated heterocycles. The van der Waals surface area contributed by atoms with Crippen molar-refractivity contribution in [2.45, 2.75) is 126 Å². The highest BCUT2D eigenvalue weighted by Gasteiger charge is 2.16. The number of benzene rings is 6.